The predicted octanol–water partition coefficient (Wildman–Crippen LogP) is 16.2. The number of likely N-dealkylation sites (tertiary alicyclic amines) is 8. The normalized spacial score (nSPS) is 22.4. The summed E-state index contributed by atoms with van der Waals surface area (Å²) in [5, 5.41) is 12.6. The maximum atomic E-state index is 14.3. The lowest BCUT2D eigenvalue weighted by atomic mass is 9.85. The van der Waals surface area contributed by atoms with Crippen LogP contribution in [0.25, 0.3) is 44.6 Å². The number of hydrogen-bond donors (Lipinski definition) is 1. The molecule has 12 aliphatic heterocycles. The maximum absolute atomic E-state index is 14.3. The second kappa shape index (κ2) is 41.2. The number of amides is 4. The van der Waals surface area contributed by atoms with Crippen molar-refractivity contribution in [1.82, 2.24) is 58.3 Å². The molecule has 8 fully saturated rings. The van der Waals surface area contributed by atoms with Gasteiger partial charge in [0.2, 0.25) is 5.60 Å². The number of hydrogen-bond acceptors (Lipinski definition) is 20. The number of pyridine rings is 4. The highest BCUT2D eigenvalue weighted by Crippen LogP contribution is 2.45. The lowest BCUT2D eigenvalue weighted by molar-refractivity contribution is -0.174. The van der Waals surface area contributed by atoms with Crippen molar-refractivity contribution in [2.24, 2.45) is 0 Å². The van der Waals surface area contributed by atoms with Crippen LogP contribution in [0, 0.1) is 0 Å². The van der Waals surface area contributed by atoms with Crippen LogP contribution in [0.4, 0.5) is 19.2 Å². The zero-order chi connectivity index (χ0) is 81.8. The second-order valence-electron chi connectivity index (χ2n) is 33.7. The zero-order valence-electron chi connectivity index (χ0n) is 68.7. The number of nitrogens with zero attached hydrogens (tertiary/aromatic N) is 12. The summed E-state index contributed by atoms with van der Waals surface area (Å²) in [6.45, 7) is 22.8. The first kappa shape index (κ1) is 92.8. The molecule has 2 atom stereocenters. The van der Waals surface area contributed by atoms with Gasteiger partial charge in [0.15, 0.2) is 5.60 Å². The van der Waals surface area contributed by atoms with Crippen molar-refractivity contribution in [1.29, 1.82) is 0 Å². The molecule has 1 N–H and O–H groups in total. The molecule has 0 aliphatic carbocycles. The van der Waals surface area contributed by atoms with E-state index in [9.17, 15) is 43.5 Å². The van der Waals surface area contributed by atoms with Crippen LogP contribution in [0.3, 0.4) is 0 Å². The zero-order valence-corrected chi connectivity index (χ0v) is 76.1. The number of aromatic nitrogens is 4. The number of cyclic esters (lactones) is 2. The fourth-order valence-electron chi connectivity index (χ4n) is 20.7. The summed E-state index contributed by atoms with van der Waals surface area (Å²) < 4.78 is 32.2. The van der Waals surface area contributed by atoms with E-state index < -0.39 is 29.2 Å². The standard InChI is InChI=1S/C44H56N6O7.C33H38N4O6.C11H19ClN2O.2CH4.I2.HI/c1-3-32-33-25-31(56-42(53)48-21-13-29(14-22-48)46-17-7-5-8-18-46)11-12-37(33)45-39-34(32)27-50-38(39)26-36-35(40(50)51)28-55-41(52)44(36,4-2)57-43(54)49-23-15-30(16-24-49)47-19-9-6-10-20-47;1-3-22-23-16-21(43-32(40)36-14-10-20(11-15-36)35-12-6-5-7-13-35)8-9-27(23)34-29-24(22)18-37-28(29)17-26-25(30(37)38)19-42-31(39)33(26,41)4-2;12-11(15)14-8-4-10(5-9-14)13-6-2-1-3-7-13;;;1-2;/h11-12,25-26,29-30H,3-10,13-24,27-28H2,1-2H3;8-9,16-17,20,41H,3-7,10-15,18-19H2,1-2H3;10H,1-9H2;2*1H4;;1H/t44-;33-;;;;;/m00...../s1. The molecule has 654 valence electrons. The van der Waals surface area contributed by atoms with Gasteiger partial charge in [0, 0.05) is 147 Å². The van der Waals surface area contributed by atoms with Crippen molar-refractivity contribution in [3.05, 3.63) is 114 Å². The van der Waals surface area contributed by atoms with E-state index in [0.29, 0.717) is 151 Å². The fourth-order valence-corrected chi connectivity index (χ4v) is 20.9. The van der Waals surface area contributed by atoms with Gasteiger partial charge in [-0.1, -0.05) is 68.2 Å². The minimum atomic E-state index is -1.86. The van der Waals surface area contributed by atoms with Gasteiger partial charge in [0.25, 0.3) is 11.1 Å². The Kier molecular flexibility index (Phi) is 31.9. The highest BCUT2D eigenvalue weighted by molar-refractivity contribution is 15.0. The minimum Gasteiger partial charge on any atom is -0.458 e. The molecule has 12 aliphatic rings. The fraction of sp³-hybridized carbons (Fsp3) is 0.622. The summed E-state index contributed by atoms with van der Waals surface area (Å²) in [6.07, 6.45) is 23.6. The second-order valence-corrected chi connectivity index (χ2v) is 34.0. The minimum absolute atomic E-state index is 0. The molecule has 6 aromatic rings. The highest BCUT2D eigenvalue weighted by atomic mass is 128. The van der Waals surface area contributed by atoms with Crippen LogP contribution in [-0.2, 0) is 74.1 Å². The molecule has 16 heterocycles. The summed E-state index contributed by atoms with van der Waals surface area (Å²) in [5.74, 6) is -0.463. The van der Waals surface area contributed by atoms with Gasteiger partial charge in [-0.2, -0.15) is 0 Å². The molecule has 26 nitrogen and oxygen atoms in total. The highest BCUT2D eigenvalue weighted by Gasteiger charge is 2.52. The van der Waals surface area contributed by atoms with E-state index in [2.05, 4.69) is 70.7 Å². The van der Waals surface area contributed by atoms with Crippen LogP contribution in [0.2, 0.25) is 0 Å². The summed E-state index contributed by atoms with van der Waals surface area (Å²) >= 11 is 9.70. The molecule has 0 saturated carbocycles. The lowest BCUT2D eigenvalue weighted by Gasteiger charge is -2.41. The largest absolute Gasteiger partial charge is 0.458 e. The van der Waals surface area contributed by atoms with Crippen molar-refractivity contribution in [2.45, 2.75) is 258 Å². The Bertz CT molecular complexity index is 4820. The van der Waals surface area contributed by atoms with Crippen LogP contribution in [0.5, 0.6) is 11.5 Å². The van der Waals surface area contributed by atoms with Crippen LogP contribution in [0.15, 0.2) is 58.1 Å². The molecule has 0 spiro atoms. The third-order valence-corrected chi connectivity index (χ3v) is 27.6. The topological polar surface area (TPSA) is 264 Å². The van der Waals surface area contributed by atoms with Gasteiger partial charge in [-0.25, -0.2) is 33.9 Å². The molecule has 0 radical (unpaired) electrons. The van der Waals surface area contributed by atoms with Crippen molar-refractivity contribution >= 4 is 130 Å². The number of rotatable bonds is 11. The Labute approximate surface area is 751 Å². The Morgan fingerprint density at radius 2 is 0.800 bits per heavy atom. The van der Waals surface area contributed by atoms with E-state index in [1.54, 1.807) is 51.0 Å². The van der Waals surface area contributed by atoms with Crippen molar-refractivity contribution < 1.29 is 57.6 Å². The Hall–Kier alpha value is -6.34. The number of ether oxygens (including phenoxy) is 5. The number of piperidine rings is 8. The van der Waals surface area contributed by atoms with Gasteiger partial charge >= 0.3 is 35.6 Å². The van der Waals surface area contributed by atoms with E-state index in [0.717, 1.165) is 129 Å². The Morgan fingerprint density at radius 1 is 0.458 bits per heavy atom. The number of aryl methyl sites for hydroxylation is 2. The van der Waals surface area contributed by atoms with E-state index in [-0.39, 0.29) is 93.6 Å². The van der Waals surface area contributed by atoms with E-state index in [1.807, 2.05) is 40.1 Å². The number of fused-ring (bicyclic) bond motifs is 10. The number of aliphatic hydroxyl groups is 1. The molecule has 8 saturated heterocycles. The summed E-state index contributed by atoms with van der Waals surface area (Å²) in [7, 11) is 0. The maximum Gasteiger partial charge on any atom is 0.415 e. The molecule has 120 heavy (non-hydrogen) atoms. The Morgan fingerprint density at radius 3 is 1.15 bits per heavy atom. The number of halogens is 4. The predicted molar refractivity (Wildman–Crippen MR) is 492 cm³/mol. The number of carbonyl (C=O) groups is 6. The molecule has 4 amide bonds. The summed E-state index contributed by atoms with van der Waals surface area (Å²) in [4.78, 5) is 133. The van der Waals surface area contributed by atoms with E-state index in [1.165, 1.54) is 103 Å². The van der Waals surface area contributed by atoms with Gasteiger partial charge in [-0.3, -0.25) is 14.4 Å². The summed E-state index contributed by atoms with van der Waals surface area (Å²) in [5.41, 5.74) is 4.94. The SMILES string of the molecule is C.C.CCc1c2c(nc3ccc(OC(=O)N4CCC(N5CCCCC5)CC4)cc13)-c1cc3c(c(=O)n1C2)COC(=O)[C@@]3(CC)OC(=O)N1CCC(N2CCCCC2)CC1.CCc1c2c(nc3ccc(OC(=O)N4CCC(N5CCCCC5)CC4)cc13)-c1cc3c(c(=O)n1C2)COC(=O)[C@]3(O)CC.I.II.O=C(Cl)N1CCC(N2CCCCC2)CC1. The first-order valence-corrected chi connectivity index (χ1v) is 50.0. The third-order valence-electron chi connectivity index (χ3n) is 27.4. The van der Waals surface area contributed by atoms with E-state index >= 15 is 0 Å². The first-order chi connectivity index (χ1) is 56.9. The average molecular weight is 2010 g/mol. The molecule has 0 bridgehead atoms. The van der Waals surface area contributed by atoms with Crippen molar-refractivity contribution in [2.75, 3.05) is 105 Å². The quantitative estimate of drug-likeness (QED) is 0.0414. The molecule has 0 unspecified atom stereocenters. The van der Waals surface area contributed by atoms with Crippen molar-refractivity contribution in [3.63, 3.8) is 0 Å². The van der Waals surface area contributed by atoms with Gasteiger partial charge in [-0.05, 0) is 252 Å². The monoisotopic (exact) mass is 2010 g/mol. The number of esters is 2. The Balaban J connectivity index is 0.000000184. The van der Waals surface area contributed by atoms with Gasteiger partial charge in [-0.15, -0.1) is 24.0 Å². The van der Waals surface area contributed by atoms with Crippen LogP contribution in [-0.4, -0.2) is 228 Å². The molecular formula is C90H122ClI3N12O14. The number of benzene rings is 2. The van der Waals surface area contributed by atoms with Crippen molar-refractivity contribution in [3.8, 4) is 34.3 Å². The first-order valence-electron chi connectivity index (χ1n) is 43.4. The van der Waals surface area contributed by atoms with Gasteiger partial charge in [0.1, 0.15) is 24.7 Å². The smallest absolute Gasteiger partial charge is 0.415 e. The molecular weight excluding hydrogens is 1890 g/mol. The molecule has 2 aromatic carbocycles. The molecule has 30 heteroatoms. The van der Waals surface area contributed by atoms with Gasteiger partial charge < -0.3 is 77.1 Å². The van der Waals surface area contributed by atoms with Gasteiger partial charge in [0.05, 0.1) is 58.0 Å². The summed E-state index contributed by atoms with van der Waals surface area (Å²) in [6, 6.07) is 16.8. The van der Waals surface area contributed by atoms with Crippen LogP contribution >= 0.6 is 72.8 Å². The van der Waals surface area contributed by atoms with E-state index in [4.69, 9.17) is 45.3 Å². The van der Waals surface area contributed by atoms with Crippen LogP contribution in [0.1, 0.15) is 228 Å². The van der Waals surface area contributed by atoms with Crippen LogP contribution < -0.4 is 20.6 Å². The average Bonchev–Trinajstić information content (AvgIpc) is 1.55. The number of carbonyl (C=O) groups excluding carboxylic acids is 6. The molecule has 4 aromatic heterocycles. The lowest BCUT2D eigenvalue weighted by Crippen LogP contribution is -2.52. The molecule has 18 rings (SSSR count). The third kappa shape index (κ3) is 18.9.